The van der Waals surface area contributed by atoms with Gasteiger partial charge in [0.05, 0.1) is 18.5 Å². The zero-order chi connectivity index (χ0) is 15.6. The van der Waals surface area contributed by atoms with Crippen molar-refractivity contribution in [2.75, 3.05) is 26.7 Å². The van der Waals surface area contributed by atoms with Crippen LogP contribution in [0.4, 0.5) is 0 Å². The molecular formula is C18H25N3O. The molecule has 1 aliphatic heterocycles. The Morgan fingerprint density at radius 2 is 1.91 bits per heavy atom. The first-order valence-electron chi connectivity index (χ1n) is 8.08. The highest BCUT2D eigenvalue weighted by atomic mass is 16.5. The lowest BCUT2D eigenvalue weighted by Gasteiger charge is -2.36. The van der Waals surface area contributed by atoms with Crippen molar-refractivity contribution in [3.63, 3.8) is 0 Å². The number of piperidine rings is 1. The van der Waals surface area contributed by atoms with Gasteiger partial charge in [0.1, 0.15) is 11.6 Å². The summed E-state index contributed by atoms with van der Waals surface area (Å²) >= 11 is 0. The fourth-order valence-corrected chi connectivity index (χ4v) is 3.02. The number of aromatic amines is 1. The van der Waals surface area contributed by atoms with Gasteiger partial charge in [-0.05, 0) is 69.7 Å². The average molecular weight is 299 g/mol. The number of H-pyrrole nitrogens is 1. The van der Waals surface area contributed by atoms with E-state index in [0.717, 1.165) is 48.8 Å². The molecule has 0 aliphatic carbocycles. The van der Waals surface area contributed by atoms with Crippen LogP contribution in [0.25, 0.3) is 11.3 Å². The molecular weight excluding hydrogens is 274 g/mol. The molecule has 1 aromatic heterocycles. The Balaban J connectivity index is 1.78. The quantitative estimate of drug-likeness (QED) is 0.940. The van der Waals surface area contributed by atoms with Gasteiger partial charge in [-0.3, -0.25) is 0 Å². The summed E-state index contributed by atoms with van der Waals surface area (Å²) < 4.78 is 5.49. The first-order chi connectivity index (χ1) is 10.6. The third-order valence-corrected chi connectivity index (χ3v) is 4.71. The third-order valence-electron chi connectivity index (χ3n) is 4.71. The summed E-state index contributed by atoms with van der Waals surface area (Å²) in [5, 5.41) is 0. The molecule has 0 radical (unpaired) electrons. The van der Waals surface area contributed by atoms with Crippen molar-refractivity contribution in [1.29, 1.82) is 0 Å². The van der Waals surface area contributed by atoms with Crippen LogP contribution >= 0.6 is 0 Å². The molecule has 1 N–H and O–H groups in total. The predicted molar refractivity (Wildman–Crippen MR) is 89.3 cm³/mol. The Morgan fingerprint density at radius 3 is 2.55 bits per heavy atom. The molecule has 0 amide bonds. The summed E-state index contributed by atoms with van der Waals surface area (Å²) in [6, 6.07) is 8.19. The minimum atomic E-state index is 0.163. The maximum Gasteiger partial charge on any atom is 0.119 e. The van der Waals surface area contributed by atoms with E-state index >= 15 is 0 Å². The molecule has 0 saturated carbocycles. The lowest BCUT2D eigenvalue weighted by atomic mass is 9.80. The summed E-state index contributed by atoms with van der Waals surface area (Å²) in [4.78, 5) is 10.6. The normalized spacial score (nSPS) is 18.3. The number of rotatable bonds is 4. The standard InChI is InChI=1S/C18H25N3O/c1-4-22-15-7-5-14(6-8-15)16-13-19-17(20-16)18(2)9-11-21(3)12-10-18/h5-8,13H,4,9-12H2,1-3H3,(H,19,20). The fraction of sp³-hybridized carbons (Fsp3) is 0.500. The molecule has 2 heterocycles. The number of nitrogens with one attached hydrogen (secondary N) is 1. The van der Waals surface area contributed by atoms with Crippen LogP contribution in [-0.4, -0.2) is 41.6 Å². The van der Waals surface area contributed by atoms with E-state index < -0.39 is 0 Å². The molecule has 1 aliphatic rings. The molecule has 0 bridgehead atoms. The molecule has 0 spiro atoms. The summed E-state index contributed by atoms with van der Waals surface area (Å²) in [7, 11) is 2.19. The topological polar surface area (TPSA) is 41.1 Å². The van der Waals surface area contributed by atoms with Crippen LogP contribution in [0.1, 0.15) is 32.5 Å². The highest BCUT2D eigenvalue weighted by Crippen LogP contribution is 2.34. The number of hydrogen-bond donors (Lipinski definition) is 1. The Kier molecular flexibility index (Phi) is 4.21. The zero-order valence-corrected chi connectivity index (χ0v) is 13.7. The maximum atomic E-state index is 5.49. The molecule has 1 fully saturated rings. The lowest BCUT2D eigenvalue weighted by Crippen LogP contribution is -2.39. The van der Waals surface area contributed by atoms with Crippen LogP contribution in [0.15, 0.2) is 30.5 Å². The molecule has 3 rings (SSSR count). The smallest absolute Gasteiger partial charge is 0.119 e. The predicted octanol–water partition coefficient (Wildman–Crippen LogP) is 3.46. The van der Waals surface area contributed by atoms with Gasteiger partial charge in [0.25, 0.3) is 0 Å². The number of hydrogen-bond acceptors (Lipinski definition) is 3. The molecule has 1 saturated heterocycles. The van der Waals surface area contributed by atoms with Gasteiger partial charge in [-0.2, -0.15) is 0 Å². The van der Waals surface area contributed by atoms with Crippen molar-refractivity contribution in [1.82, 2.24) is 14.9 Å². The minimum absolute atomic E-state index is 0.163. The summed E-state index contributed by atoms with van der Waals surface area (Å²) in [6.07, 6.45) is 4.26. The van der Waals surface area contributed by atoms with Gasteiger partial charge < -0.3 is 14.6 Å². The number of aromatic nitrogens is 2. The summed E-state index contributed by atoms with van der Waals surface area (Å²) in [5.74, 6) is 2.03. The van der Waals surface area contributed by atoms with E-state index in [1.165, 1.54) is 0 Å². The van der Waals surface area contributed by atoms with E-state index in [1.807, 2.05) is 25.3 Å². The monoisotopic (exact) mass is 299 g/mol. The lowest BCUT2D eigenvalue weighted by molar-refractivity contribution is 0.194. The highest BCUT2D eigenvalue weighted by Gasteiger charge is 2.33. The number of imidazole rings is 1. The number of nitrogens with zero attached hydrogens (tertiary/aromatic N) is 2. The van der Waals surface area contributed by atoms with E-state index in [2.05, 4.69) is 41.0 Å². The second-order valence-electron chi connectivity index (χ2n) is 6.47. The second kappa shape index (κ2) is 6.13. The molecule has 0 unspecified atom stereocenters. The van der Waals surface area contributed by atoms with Crippen molar-refractivity contribution in [2.45, 2.75) is 32.1 Å². The Morgan fingerprint density at radius 1 is 1.23 bits per heavy atom. The van der Waals surface area contributed by atoms with Crippen molar-refractivity contribution in [2.24, 2.45) is 0 Å². The van der Waals surface area contributed by atoms with Crippen molar-refractivity contribution in [3.05, 3.63) is 36.3 Å². The SMILES string of the molecule is CCOc1ccc(-c2cnc(C3(C)CCN(C)CC3)[nH]2)cc1. The van der Waals surface area contributed by atoms with Gasteiger partial charge >= 0.3 is 0 Å². The van der Waals surface area contributed by atoms with E-state index in [-0.39, 0.29) is 5.41 Å². The molecule has 118 valence electrons. The molecule has 4 heteroatoms. The number of ether oxygens (including phenoxy) is 1. The highest BCUT2D eigenvalue weighted by molar-refractivity contribution is 5.59. The maximum absolute atomic E-state index is 5.49. The van der Waals surface area contributed by atoms with Crippen LogP contribution in [0.5, 0.6) is 5.75 Å². The average Bonchev–Trinajstić information content (AvgIpc) is 3.02. The van der Waals surface area contributed by atoms with Crippen LogP contribution in [-0.2, 0) is 5.41 Å². The Hall–Kier alpha value is -1.81. The molecule has 0 atom stereocenters. The van der Waals surface area contributed by atoms with Crippen LogP contribution in [0.3, 0.4) is 0 Å². The third kappa shape index (κ3) is 3.02. The van der Waals surface area contributed by atoms with Gasteiger partial charge in [-0.15, -0.1) is 0 Å². The van der Waals surface area contributed by atoms with Gasteiger partial charge in [0.15, 0.2) is 0 Å². The summed E-state index contributed by atoms with van der Waals surface area (Å²) in [5.41, 5.74) is 2.40. The Labute approximate surface area is 132 Å². The van der Waals surface area contributed by atoms with Crippen LogP contribution in [0.2, 0.25) is 0 Å². The van der Waals surface area contributed by atoms with Gasteiger partial charge in [0.2, 0.25) is 0 Å². The van der Waals surface area contributed by atoms with E-state index in [1.54, 1.807) is 0 Å². The van der Waals surface area contributed by atoms with Crippen LogP contribution < -0.4 is 4.74 Å². The second-order valence-corrected chi connectivity index (χ2v) is 6.47. The molecule has 2 aromatic rings. The molecule has 22 heavy (non-hydrogen) atoms. The minimum Gasteiger partial charge on any atom is -0.494 e. The van der Waals surface area contributed by atoms with E-state index in [0.29, 0.717) is 6.61 Å². The molecule has 1 aromatic carbocycles. The van der Waals surface area contributed by atoms with Gasteiger partial charge in [-0.25, -0.2) is 4.98 Å². The molecule has 4 nitrogen and oxygen atoms in total. The number of likely N-dealkylation sites (tertiary alicyclic amines) is 1. The van der Waals surface area contributed by atoms with Crippen LogP contribution in [0, 0.1) is 0 Å². The first-order valence-corrected chi connectivity index (χ1v) is 8.08. The van der Waals surface area contributed by atoms with Gasteiger partial charge in [-0.1, -0.05) is 6.92 Å². The zero-order valence-electron chi connectivity index (χ0n) is 13.7. The summed E-state index contributed by atoms with van der Waals surface area (Å²) in [6.45, 7) is 7.28. The van der Waals surface area contributed by atoms with Crippen molar-refractivity contribution >= 4 is 0 Å². The van der Waals surface area contributed by atoms with E-state index in [4.69, 9.17) is 4.74 Å². The van der Waals surface area contributed by atoms with Gasteiger partial charge in [0, 0.05) is 5.41 Å². The van der Waals surface area contributed by atoms with Crippen molar-refractivity contribution in [3.8, 4) is 17.0 Å². The first kappa shape index (κ1) is 15.1. The van der Waals surface area contributed by atoms with E-state index in [9.17, 15) is 0 Å². The van der Waals surface area contributed by atoms with Crippen molar-refractivity contribution < 1.29 is 4.74 Å². The Bertz CT molecular complexity index is 610. The largest absolute Gasteiger partial charge is 0.494 e. The number of benzene rings is 1. The fourth-order valence-electron chi connectivity index (χ4n) is 3.02.